The number of halogens is 3. The SMILES string of the molecule is CC(C)(C)Nc1nc2ccc(C(=O)N(Cc3ccc(C(F)(F)F)cn3)C34CC(C3)C4)cc2n2cncc12. The van der Waals surface area contributed by atoms with Crippen molar-refractivity contribution in [3.05, 3.63) is 65.9 Å². The number of imidazole rings is 1. The first-order valence-corrected chi connectivity index (χ1v) is 12.3. The number of benzene rings is 1. The summed E-state index contributed by atoms with van der Waals surface area (Å²) in [4.78, 5) is 28.8. The molecule has 1 N–H and O–H groups in total. The van der Waals surface area contributed by atoms with E-state index in [-0.39, 0.29) is 23.5 Å². The molecule has 0 saturated heterocycles. The summed E-state index contributed by atoms with van der Waals surface area (Å²) >= 11 is 0. The van der Waals surface area contributed by atoms with Crippen molar-refractivity contribution in [3.8, 4) is 0 Å². The molecule has 0 aliphatic heterocycles. The molecule has 0 radical (unpaired) electrons. The molecule has 2 bridgehead atoms. The van der Waals surface area contributed by atoms with E-state index in [0.717, 1.165) is 48.1 Å². The molecule has 10 heteroatoms. The van der Waals surface area contributed by atoms with Crippen LogP contribution in [0.2, 0.25) is 0 Å². The summed E-state index contributed by atoms with van der Waals surface area (Å²) < 4.78 is 40.9. The maximum atomic E-state index is 13.9. The topological polar surface area (TPSA) is 75.4 Å². The highest BCUT2D eigenvalue weighted by Crippen LogP contribution is 2.61. The Bertz CT molecular complexity index is 1500. The van der Waals surface area contributed by atoms with E-state index in [1.54, 1.807) is 23.5 Å². The second-order valence-electron chi connectivity index (χ2n) is 11.3. The van der Waals surface area contributed by atoms with Gasteiger partial charge in [0.05, 0.1) is 41.4 Å². The van der Waals surface area contributed by atoms with Crippen LogP contribution in [0, 0.1) is 5.92 Å². The lowest BCUT2D eigenvalue weighted by Gasteiger charge is -2.66. The Morgan fingerprint density at radius 2 is 1.86 bits per heavy atom. The predicted octanol–water partition coefficient (Wildman–Crippen LogP) is 5.70. The van der Waals surface area contributed by atoms with Gasteiger partial charge in [-0.05, 0) is 76.3 Å². The van der Waals surface area contributed by atoms with E-state index in [2.05, 4.69) is 36.1 Å². The van der Waals surface area contributed by atoms with Crippen LogP contribution in [0.1, 0.15) is 61.6 Å². The van der Waals surface area contributed by atoms with Crippen LogP contribution < -0.4 is 5.32 Å². The van der Waals surface area contributed by atoms with Crippen molar-refractivity contribution in [2.75, 3.05) is 5.32 Å². The number of carbonyl (C=O) groups excluding carboxylic acids is 1. The lowest BCUT2D eigenvalue weighted by Crippen LogP contribution is -2.69. The fourth-order valence-corrected chi connectivity index (χ4v) is 5.45. The molecular formula is C27H27F3N6O. The Morgan fingerprint density at radius 1 is 1.11 bits per heavy atom. The molecule has 7 nitrogen and oxygen atoms in total. The Morgan fingerprint density at radius 3 is 2.46 bits per heavy atom. The van der Waals surface area contributed by atoms with Crippen LogP contribution in [0.15, 0.2) is 49.1 Å². The summed E-state index contributed by atoms with van der Waals surface area (Å²) in [6.45, 7) is 6.32. The van der Waals surface area contributed by atoms with E-state index in [1.165, 1.54) is 6.07 Å². The fourth-order valence-electron chi connectivity index (χ4n) is 5.45. The maximum absolute atomic E-state index is 13.9. The number of nitrogens with zero attached hydrogens (tertiary/aromatic N) is 5. The number of hydrogen-bond acceptors (Lipinski definition) is 5. The number of aromatic nitrogens is 4. The number of anilines is 1. The van der Waals surface area contributed by atoms with Gasteiger partial charge in [-0.1, -0.05) is 0 Å². The zero-order valence-corrected chi connectivity index (χ0v) is 20.8. The molecule has 3 saturated carbocycles. The third kappa shape index (κ3) is 4.08. The number of pyridine rings is 1. The third-order valence-corrected chi connectivity index (χ3v) is 7.38. The van der Waals surface area contributed by atoms with Crippen LogP contribution >= 0.6 is 0 Å². The van der Waals surface area contributed by atoms with Crippen molar-refractivity contribution in [2.45, 2.75) is 63.8 Å². The average Bonchev–Trinajstić information content (AvgIpc) is 3.25. The van der Waals surface area contributed by atoms with Gasteiger partial charge in [-0.15, -0.1) is 0 Å². The third-order valence-electron chi connectivity index (χ3n) is 7.38. The van der Waals surface area contributed by atoms with Crippen LogP contribution in [0.5, 0.6) is 0 Å². The molecule has 1 amide bonds. The van der Waals surface area contributed by atoms with E-state index < -0.39 is 11.7 Å². The molecule has 0 atom stereocenters. The van der Waals surface area contributed by atoms with Crippen molar-refractivity contribution in [1.29, 1.82) is 0 Å². The molecule has 3 fully saturated rings. The van der Waals surface area contributed by atoms with Gasteiger partial charge in [-0.2, -0.15) is 13.2 Å². The summed E-state index contributed by atoms with van der Waals surface area (Å²) in [6, 6.07) is 7.79. The van der Waals surface area contributed by atoms with Gasteiger partial charge in [0.1, 0.15) is 5.52 Å². The molecule has 3 heterocycles. The number of amides is 1. The second-order valence-corrected chi connectivity index (χ2v) is 11.3. The van der Waals surface area contributed by atoms with Gasteiger partial charge in [0.2, 0.25) is 0 Å². The normalized spacial score (nSPS) is 21.0. The van der Waals surface area contributed by atoms with Crippen molar-refractivity contribution in [2.24, 2.45) is 5.92 Å². The van der Waals surface area contributed by atoms with Crippen LogP contribution in [-0.4, -0.2) is 41.2 Å². The molecule has 0 spiro atoms. The Hall–Kier alpha value is -3.69. The van der Waals surface area contributed by atoms with Crippen molar-refractivity contribution in [1.82, 2.24) is 24.3 Å². The van der Waals surface area contributed by atoms with Gasteiger partial charge in [0.15, 0.2) is 5.82 Å². The first-order chi connectivity index (χ1) is 17.4. The van der Waals surface area contributed by atoms with Gasteiger partial charge in [0.25, 0.3) is 5.91 Å². The molecule has 7 rings (SSSR count). The summed E-state index contributed by atoms with van der Waals surface area (Å²) in [7, 11) is 0. The highest BCUT2D eigenvalue weighted by Gasteiger charge is 2.61. The van der Waals surface area contributed by atoms with Crippen LogP contribution in [0.4, 0.5) is 19.0 Å². The van der Waals surface area contributed by atoms with Crippen LogP contribution in [0.3, 0.4) is 0 Å². The number of fused-ring (bicyclic) bond motifs is 3. The molecule has 192 valence electrons. The number of carbonyl (C=O) groups is 1. The largest absolute Gasteiger partial charge is 0.417 e. The molecule has 3 aliphatic carbocycles. The number of alkyl halides is 3. The number of rotatable bonds is 5. The van der Waals surface area contributed by atoms with Crippen LogP contribution in [0.25, 0.3) is 16.6 Å². The summed E-state index contributed by atoms with van der Waals surface area (Å²) in [6.07, 6.45) is 2.58. The minimum absolute atomic E-state index is 0.160. The molecular weight excluding hydrogens is 481 g/mol. The monoisotopic (exact) mass is 508 g/mol. The molecule has 4 aromatic rings. The number of hydrogen-bond donors (Lipinski definition) is 1. The van der Waals surface area contributed by atoms with Crippen molar-refractivity contribution >= 4 is 28.3 Å². The van der Waals surface area contributed by atoms with Gasteiger partial charge >= 0.3 is 6.18 Å². The smallest absolute Gasteiger partial charge is 0.364 e. The van der Waals surface area contributed by atoms with E-state index >= 15 is 0 Å². The zero-order valence-electron chi connectivity index (χ0n) is 20.8. The summed E-state index contributed by atoms with van der Waals surface area (Å²) in [5, 5.41) is 3.41. The van der Waals surface area contributed by atoms with Gasteiger partial charge < -0.3 is 10.2 Å². The van der Waals surface area contributed by atoms with Crippen molar-refractivity contribution in [3.63, 3.8) is 0 Å². The van der Waals surface area contributed by atoms with E-state index in [0.29, 0.717) is 23.0 Å². The minimum Gasteiger partial charge on any atom is -0.364 e. The molecule has 37 heavy (non-hydrogen) atoms. The lowest BCUT2D eigenvalue weighted by atomic mass is 9.49. The van der Waals surface area contributed by atoms with Gasteiger partial charge in [-0.3, -0.25) is 14.2 Å². The highest BCUT2D eigenvalue weighted by atomic mass is 19.4. The zero-order chi connectivity index (χ0) is 26.2. The fraction of sp³-hybridized carbons (Fsp3) is 0.407. The molecule has 1 aromatic carbocycles. The number of nitrogens with one attached hydrogen (secondary N) is 1. The quantitative estimate of drug-likeness (QED) is 0.374. The maximum Gasteiger partial charge on any atom is 0.417 e. The standard InChI is InChI=1S/C27H27F3N6O/c1-25(2,3)34-23-22-13-31-15-35(22)21-8-17(4-7-20(21)33-23)24(37)36(26-9-16(10-26)11-26)14-19-6-5-18(12-32-19)27(28,29)30/h4-8,12-13,15-16H,9-11,14H2,1-3H3,(H,33,34). The summed E-state index contributed by atoms with van der Waals surface area (Å²) in [5.74, 6) is 1.17. The molecule has 3 aromatic heterocycles. The second kappa shape index (κ2) is 7.90. The average molecular weight is 509 g/mol. The van der Waals surface area contributed by atoms with E-state index in [4.69, 9.17) is 4.98 Å². The van der Waals surface area contributed by atoms with E-state index in [9.17, 15) is 18.0 Å². The predicted molar refractivity (Wildman–Crippen MR) is 133 cm³/mol. The Kier molecular flexibility index (Phi) is 5.06. The molecule has 0 unspecified atom stereocenters. The Labute approximate surface area is 211 Å². The summed E-state index contributed by atoms with van der Waals surface area (Å²) in [5.41, 5.74) is 1.96. The first-order valence-electron chi connectivity index (χ1n) is 12.3. The van der Waals surface area contributed by atoms with Gasteiger partial charge in [-0.25, -0.2) is 9.97 Å². The van der Waals surface area contributed by atoms with Crippen molar-refractivity contribution < 1.29 is 18.0 Å². The Balaban J connectivity index is 1.35. The van der Waals surface area contributed by atoms with Gasteiger partial charge in [0, 0.05) is 22.8 Å². The highest BCUT2D eigenvalue weighted by molar-refractivity contribution is 5.99. The minimum atomic E-state index is -4.45. The van der Waals surface area contributed by atoms with Crippen LogP contribution in [-0.2, 0) is 12.7 Å². The van der Waals surface area contributed by atoms with E-state index in [1.807, 2.05) is 16.5 Å². The first kappa shape index (κ1) is 23.7. The lowest BCUT2D eigenvalue weighted by molar-refractivity contribution is -0.138. The molecule has 3 aliphatic rings.